The first-order chi connectivity index (χ1) is 9.71. The Kier molecular flexibility index (Phi) is 5.52. The highest BCUT2D eigenvalue weighted by atomic mass is 16.4. The lowest BCUT2D eigenvalue weighted by atomic mass is 9.98. The standard InChI is InChI=1S/C14H20N2O5/c1-9(15-13(20)10-5-7-21-8-10)12(19)16-14(2,3)6-4-11(17)18/h5,7-9H,4,6H2,1-3H3,(H,15,20)(H,16,19)(H,17,18). The van der Waals surface area contributed by atoms with Crippen LogP contribution in [0.15, 0.2) is 23.0 Å². The van der Waals surface area contributed by atoms with E-state index in [1.54, 1.807) is 20.8 Å². The highest BCUT2D eigenvalue weighted by molar-refractivity contribution is 5.97. The van der Waals surface area contributed by atoms with Crippen LogP contribution in [0.4, 0.5) is 0 Å². The summed E-state index contributed by atoms with van der Waals surface area (Å²) in [5.41, 5.74) is -0.329. The molecule has 0 aliphatic heterocycles. The number of carboxylic acid groups (broad SMARTS) is 1. The molecule has 0 saturated heterocycles. The molecule has 116 valence electrons. The fraction of sp³-hybridized carbons (Fsp3) is 0.500. The van der Waals surface area contributed by atoms with Gasteiger partial charge in [0, 0.05) is 12.0 Å². The second-order valence-corrected chi connectivity index (χ2v) is 5.47. The third-order valence-electron chi connectivity index (χ3n) is 2.95. The van der Waals surface area contributed by atoms with E-state index in [-0.39, 0.29) is 12.3 Å². The zero-order valence-corrected chi connectivity index (χ0v) is 12.3. The molecule has 1 aromatic rings. The minimum Gasteiger partial charge on any atom is -0.481 e. The summed E-state index contributed by atoms with van der Waals surface area (Å²) in [7, 11) is 0. The average Bonchev–Trinajstić information content (AvgIpc) is 2.89. The lowest BCUT2D eigenvalue weighted by Crippen LogP contribution is -2.52. The van der Waals surface area contributed by atoms with Crippen molar-refractivity contribution < 1.29 is 23.9 Å². The summed E-state index contributed by atoms with van der Waals surface area (Å²) in [4.78, 5) is 34.3. The number of carbonyl (C=O) groups is 3. The van der Waals surface area contributed by atoms with Crippen LogP contribution in [-0.2, 0) is 9.59 Å². The zero-order valence-electron chi connectivity index (χ0n) is 12.3. The molecule has 2 amide bonds. The number of hydrogen-bond acceptors (Lipinski definition) is 4. The molecule has 21 heavy (non-hydrogen) atoms. The Morgan fingerprint density at radius 3 is 2.57 bits per heavy atom. The summed E-state index contributed by atoms with van der Waals surface area (Å²) in [6, 6.07) is 0.757. The van der Waals surface area contributed by atoms with Gasteiger partial charge in [0.05, 0.1) is 11.8 Å². The Balaban J connectivity index is 2.50. The molecule has 3 N–H and O–H groups in total. The predicted molar refractivity (Wildman–Crippen MR) is 74.7 cm³/mol. The second-order valence-electron chi connectivity index (χ2n) is 5.47. The van der Waals surface area contributed by atoms with Crippen molar-refractivity contribution in [1.29, 1.82) is 0 Å². The fourth-order valence-electron chi connectivity index (χ4n) is 1.66. The van der Waals surface area contributed by atoms with E-state index in [4.69, 9.17) is 9.52 Å². The first-order valence-corrected chi connectivity index (χ1v) is 6.58. The summed E-state index contributed by atoms with van der Waals surface area (Å²) in [5, 5.41) is 13.9. The van der Waals surface area contributed by atoms with Crippen molar-refractivity contribution in [3.63, 3.8) is 0 Å². The number of nitrogens with one attached hydrogen (secondary N) is 2. The molecule has 0 fully saturated rings. The number of aliphatic carboxylic acids is 1. The molecule has 0 spiro atoms. The third kappa shape index (κ3) is 5.68. The van der Waals surface area contributed by atoms with E-state index in [1.807, 2.05) is 0 Å². The normalized spacial score (nSPS) is 12.5. The van der Waals surface area contributed by atoms with E-state index in [0.717, 1.165) is 0 Å². The summed E-state index contributed by atoms with van der Waals surface area (Å²) in [6.45, 7) is 5.03. The van der Waals surface area contributed by atoms with Crippen molar-refractivity contribution in [2.45, 2.75) is 45.2 Å². The first-order valence-electron chi connectivity index (χ1n) is 6.58. The third-order valence-corrected chi connectivity index (χ3v) is 2.95. The van der Waals surface area contributed by atoms with Crippen molar-refractivity contribution in [2.75, 3.05) is 0 Å². The molecule has 1 unspecified atom stereocenters. The van der Waals surface area contributed by atoms with Gasteiger partial charge in [-0.3, -0.25) is 14.4 Å². The SMILES string of the molecule is CC(NC(=O)c1ccoc1)C(=O)NC(C)(C)CCC(=O)O. The summed E-state index contributed by atoms with van der Waals surface area (Å²) in [6.07, 6.45) is 2.92. The van der Waals surface area contributed by atoms with Gasteiger partial charge in [0.25, 0.3) is 5.91 Å². The van der Waals surface area contributed by atoms with Crippen LogP contribution in [0.3, 0.4) is 0 Å². The molecule has 7 heteroatoms. The molecular weight excluding hydrogens is 276 g/mol. The van der Waals surface area contributed by atoms with E-state index in [0.29, 0.717) is 12.0 Å². The van der Waals surface area contributed by atoms with E-state index >= 15 is 0 Å². The summed E-state index contributed by atoms with van der Waals surface area (Å²) in [5.74, 6) is -1.70. The fourth-order valence-corrected chi connectivity index (χ4v) is 1.66. The van der Waals surface area contributed by atoms with Gasteiger partial charge in [0.15, 0.2) is 0 Å². The van der Waals surface area contributed by atoms with Crippen molar-refractivity contribution in [2.24, 2.45) is 0 Å². The van der Waals surface area contributed by atoms with Gasteiger partial charge in [0.2, 0.25) is 5.91 Å². The Morgan fingerprint density at radius 1 is 1.38 bits per heavy atom. The topological polar surface area (TPSA) is 109 Å². The van der Waals surface area contributed by atoms with Crippen molar-refractivity contribution in [3.05, 3.63) is 24.2 Å². The monoisotopic (exact) mass is 296 g/mol. The lowest BCUT2D eigenvalue weighted by Gasteiger charge is -2.27. The van der Waals surface area contributed by atoms with Crippen LogP contribution in [0.1, 0.15) is 44.0 Å². The number of carboxylic acids is 1. The molecule has 1 aromatic heterocycles. The molecule has 1 atom stereocenters. The Bertz CT molecular complexity index is 507. The maximum atomic E-state index is 12.0. The molecular formula is C14H20N2O5. The highest BCUT2D eigenvalue weighted by Gasteiger charge is 2.25. The highest BCUT2D eigenvalue weighted by Crippen LogP contribution is 2.11. The Labute approximate surface area is 122 Å². The van der Waals surface area contributed by atoms with Crippen LogP contribution in [0.25, 0.3) is 0 Å². The van der Waals surface area contributed by atoms with Crippen LogP contribution < -0.4 is 10.6 Å². The maximum Gasteiger partial charge on any atom is 0.303 e. The van der Waals surface area contributed by atoms with E-state index in [2.05, 4.69) is 10.6 Å². The van der Waals surface area contributed by atoms with Gasteiger partial charge in [-0.15, -0.1) is 0 Å². The summed E-state index contributed by atoms with van der Waals surface area (Å²) < 4.78 is 4.80. The van der Waals surface area contributed by atoms with E-state index < -0.39 is 23.5 Å². The molecule has 1 heterocycles. The Hall–Kier alpha value is -2.31. The largest absolute Gasteiger partial charge is 0.481 e. The maximum absolute atomic E-state index is 12.0. The first kappa shape index (κ1) is 16.7. The molecule has 7 nitrogen and oxygen atoms in total. The summed E-state index contributed by atoms with van der Waals surface area (Å²) >= 11 is 0. The average molecular weight is 296 g/mol. The molecule has 0 aromatic carbocycles. The van der Waals surface area contributed by atoms with Gasteiger partial charge in [-0.25, -0.2) is 0 Å². The minimum atomic E-state index is -0.918. The van der Waals surface area contributed by atoms with Gasteiger partial charge < -0.3 is 20.2 Å². The molecule has 0 aliphatic rings. The van der Waals surface area contributed by atoms with Gasteiger partial charge in [-0.1, -0.05) is 0 Å². The molecule has 1 rings (SSSR count). The Morgan fingerprint density at radius 2 is 2.05 bits per heavy atom. The number of amides is 2. The molecule has 0 aliphatic carbocycles. The smallest absolute Gasteiger partial charge is 0.303 e. The zero-order chi connectivity index (χ0) is 16.0. The van der Waals surface area contributed by atoms with Crippen LogP contribution in [-0.4, -0.2) is 34.5 Å². The quantitative estimate of drug-likeness (QED) is 0.699. The number of rotatable bonds is 7. The van der Waals surface area contributed by atoms with Crippen molar-refractivity contribution in [3.8, 4) is 0 Å². The number of furan rings is 1. The van der Waals surface area contributed by atoms with E-state index in [1.165, 1.54) is 18.6 Å². The number of carbonyl (C=O) groups excluding carboxylic acids is 2. The molecule has 0 bridgehead atoms. The van der Waals surface area contributed by atoms with Gasteiger partial charge in [0.1, 0.15) is 12.3 Å². The van der Waals surface area contributed by atoms with Gasteiger partial charge in [-0.2, -0.15) is 0 Å². The lowest BCUT2D eigenvalue weighted by molar-refractivity contribution is -0.137. The van der Waals surface area contributed by atoms with Crippen molar-refractivity contribution >= 4 is 17.8 Å². The predicted octanol–water partition coefficient (Wildman–Crippen LogP) is 1.16. The van der Waals surface area contributed by atoms with Crippen molar-refractivity contribution in [1.82, 2.24) is 10.6 Å². The minimum absolute atomic E-state index is 0.0387. The molecule has 0 saturated carbocycles. The van der Waals surface area contributed by atoms with Crippen LogP contribution in [0.5, 0.6) is 0 Å². The van der Waals surface area contributed by atoms with Crippen LogP contribution in [0, 0.1) is 0 Å². The van der Waals surface area contributed by atoms with Gasteiger partial charge in [-0.05, 0) is 33.3 Å². The van der Waals surface area contributed by atoms with Crippen LogP contribution >= 0.6 is 0 Å². The second kappa shape index (κ2) is 6.92. The van der Waals surface area contributed by atoms with Gasteiger partial charge >= 0.3 is 5.97 Å². The van der Waals surface area contributed by atoms with Crippen LogP contribution in [0.2, 0.25) is 0 Å². The number of hydrogen-bond donors (Lipinski definition) is 3. The van der Waals surface area contributed by atoms with E-state index in [9.17, 15) is 14.4 Å². The molecule has 0 radical (unpaired) electrons.